The molecule has 3 amide bonds. The first-order valence-electron chi connectivity index (χ1n) is 7.21. The van der Waals surface area contributed by atoms with Gasteiger partial charge in [-0.15, -0.1) is 0 Å². The van der Waals surface area contributed by atoms with Crippen molar-refractivity contribution in [3.63, 3.8) is 0 Å². The first kappa shape index (κ1) is 19.2. The summed E-state index contributed by atoms with van der Waals surface area (Å²) in [4.78, 5) is 35.0. The van der Waals surface area contributed by atoms with Crippen LogP contribution in [0.15, 0.2) is 0 Å². The molecular formula is C14H27N3O4. The zero-order valence-corrected chi connectivity index (χ0v) is 13.3. The van der Waals surface area contributed by atoms with Crippen molar-refractivity contribution < 1.29 is 19.5 Å². The zero-order chi connectivity index (χ0) is 16.4. The maximum Gasteiger partial charge on any atom is 0.315 e. The molecule has 0 rings (SSSR count). The summed E-state index contributed by atoms with van der Waals surface area (Å²) < 4.78 is 0. The minimum absolute atomic E-state index is 0.0319. The SMILES string of the molecule is CC(CCCC(C)C(=O)O)NC(=O)NCCC(=O)N(C)C. The van der Waals surface area contributed by atoms with Crippen molar-refractivity contribution in [1.29, 1.82) is 0 Å². The predicted octanol–water partition coefficient (Wildman–Crippen LogP) is 1.04. The van der Waals surface area contributed by atoms with Gasteiger partial charge < -0.3 is 20.6 Å². The second-order valence-corrected chi connectivity index (χ2v) is 5.51. The molecule has 0 aliphatic rings. The molecule has 122 valence electrons. The largest absolute Gasteiger partial charge is 0.481 e. The molecule has 0 heterocycles. The van der Waals surface area contributed by atoms with E-state index in [0.29, 0.717) is 13.0 Å². The Labute approximate surface area is 126 Å². The summed E-state index contributed by atoms with van der Waals surface area (Å²) in [6, 6.07) is -0.337. The van der Waals surface area contributed by atoms with E-state index in [1.807, 2.05) is 6.92 Å². The van der Waals surface area contributed by atoms with Crippen molar-refractivity contribution in [2.45, 2.75) is 45.6 Å². The summed E-state index contributed by atoms with van der Waals surface area (Å²) >= 11 is 0. The van der Waals surface area contributed by atoms with Gasteiger partial charge in [-0.1, -0.05) is 13.3 Å². The van der Waals surface area contributed by atoms with E-state index < -0.39 is 5.97 Å². The fraction of sp³-hybridized carbons (Fsp3) is 0.786. The van der Waals surface area contributed by atoms with E-state index in [-0.39, 0.29) is 30.3 Å². The molecule has 0 aromatic rings. The van der Waals surface area contributed by atoms with Gasteiger partial charge in [-0.05, 0) is 19.8 Å². The fourth-order valence-corrected chi connectivity index (χ4v) is 1.71. The highest BCUT2D eigenvalue weighted by Gasteiger charge is 2.12. The van der Waals surface area contributed by atoms with Crippen molar-refractivity contribution in [3.8, 4) is 0 Å². The number of carboxylic acids is 1. The Balaban J connectivity index is 3.75. The smallest absolute Gasteiger partial charge is 0.315 e. The Bertz CT molecular complexity index is 358. The number of carbonyl (C=O) groups is 3. The monoisotopic (exact) mass is 301 g/mol. The third kappa shape index (κ3) is 9.70. The van der Waals surface area contributed by atoms with E-state index in [9.17, 15) is 14.4 Å². The maximum absolute atomic E-state index is 11.6. The highest BCUT2D eigenvalue weighted by atomic mass is 16.4. The van der Waals surface area contributed by atoms with E-state index >= 15 is 0 Å². The van der Waals surface area contributed by atoms with Crippen LogP contribution >= 0.6 is 0 Å². The molecule has 0 saturated heterocycles. The third-order valence-electron chi connectivity index (χ3n) is 3.20. The van der Waals surface area contributed by atoms with Gasteiger partial charge in [0.05, 0.1) is 5.92 Å². The highest BCUT2D eigenvalue weighted by molar-refractivity contribution is 5.78. The number of hydrogen-bond acceptors (Lipinski definition) is 3. The Morgan fingerprint density at radius 1 is 1.14 bits per heavy atom. The molecular weight excluding hydrogens is 274 g/mol. The van der Waals surface area contributed by atoms with E-state index in [1.165, 1.54) is 4.90 Å². The van der Waals surface area contributed by atoms with Gasteiger partial charge in [0.2, 0.25) is 5.91 Å². The number of carbonyl (C=O) groups excluding carboxylic acids is 2. The van der Waals surface area contributed by atoms with Crippen molar-refractivity contribution in [2.24, 2.45) is 5.92 Å². The molecule has 0 aromatic carbocycles. The number of rotatable bonds is 9. The molecule has 0 bridgehead atoms. The Morgan fingerprint density at radius 3 is 2.29 bits per heavy atom. The number of carboxylic acid groups (broad SMARTS) is 1. The molecule has 2 atom stereocenters. The minimum Gasteiger partial charge on any atom is -0.481 e. The average Bonchev–Trinajstić information content (AvgIpc) is 2.37. The molecule has 0 radical (unpaired) electrons. The fourth-order valence-electron chi connectivity index (χ4n) is 1.71. The molecule has 0 aliphatic carbocycles. The third-order valence-corrected chi connectivity index (χ3v) is 3.20. The Hall–Kier alpha value is -1.79. The van der Waals surface area contributed by atoms with Gasteiger partial charge in [-0.2, -0.15) is 0 Å². The second kappa shape index (κ2) is 10.0. The summed E-state index contributed by atoms with van der Waals surface area (Å²) in [6.07, 6.45) is 2.33. The number of urea groups is 1. The van der Waals surface area contributed by atoms with Crippen LogP contribution in [0.4, 0.5) is 4.79 Å². The van der Waals surface area contributed by atoms with Gasteiger partial charge in [-0.3, -0.25) is 9.59 Å². The van der Waals surface area contributed by atoms with Gasteiger partial charge in [0.25, 0.3) is 0 Å². The van der Waals surface area contributed by atoms with Crippen LogP contribution in [0.2, 0.25) is 0 Å². The molecule has 0 fully saturated rings. The van der Waals surface area contributed by atoms with Crippen LogP contribution in [0.3, 0.4) is 0 Å². The predicted molar refractivity (Wildman–Crippen MR) is 80.0 cm³/mol. The molecule has 21 heavy (non-hydrogen) atoms. The zero-order valence-electron chi connectivity index (χ0n) is 13.3. The van der Waals surface area contributed by atoms with E-state index in [1.54, 1.807) is 21.0 Å². The first-order chi connectivity index (χ1) is 9.73. The average molecular weight is 301 g/mol. The van der Waals surface area contributed by atoms with Gasteiger partial charge in [-0.25, -0.2) is 4.79 Å². The van der Waals surface area contributed by atoms with Gasteiger partial charge in [0.15, 0.2) is 0 Å². The number of nitrogens with one attached hydrogen (secondary N) is 2. The number of hydrogen-bond donors (Lipinski definition) is 3. The van der Waals surface area contributed by atoms with Gasteiger partial charge >= 0.3 is 12.0 Å². The number of amides is 3. The molecule has 0 spiro atoms. The van der Waals surface area contributed by atoms with Gasteiger partial charge in [0.1, 0.15) is 0 Å². The van der Waals surface area contributed by atoms with Crippen LogP contribution in [-0.4, -0.2) is 54.6 Å². The molecule has 0 aliphatic heterocycles. The first-order valence-corrected chi connectivity index (χ1v) is 7.21. The molecule has 3 N–H and O–H groups in total. The van der Waals surface area contributed by atoms with Crippen LogP contribution in [0.5, 0.6) is 0 Å². The second-order valence-electron chi connectivity index (χ2n) is 5.51. The maximum atomic E-state index is 11.6. The van der Waals surface area contributed by atoms with Crippen LogP contribution in [0.25, 0.3) is 0 Å². The minimum atomic E-state index is -0.793. The summed E-state index contributed by atoms with van der Waals surface area (Å²) in [5, 5.41) is 14.2. The van der Waals surface area contributed by atoms with Crippen LogP contribution in [-0.2, 0) is 9.59 Å². The molecule has 7 heteroatoms. The quantitative estimate of drug-likeness (QED) is 0.592. The lowest BCUT2D eigenvalue weighted by molar-refractivity contribution is -0.141. The van der Waals surface area contributed by atoms with Gasteiger partial charge in [0, 0.05) is 33.1 Å². The Kier molecular flexibility index (Phi) is 9.16. The van der Waals surface area contributed by atoms with E-state index in [4.69, 9.17) is 5.11 Å². The highest BCUT2D eigenvalue weighted by Crippen LogP contribution is 2.09. The topological polar surface area (TPSA) is 98.7 Å². The normalized spacial score (nSPS) is 13.1. The number of nitrogens with zero attached hydrogens (tertiary/aromatic N) is 1. The molecule has 0 saturated carbocycles. The molecule has 2 unspecified atom stereocenters. The summed E-state index contributed by atoms with van der Waals surface area (Å²) in [5.74, 6) is -1.19. The van der Waals surface area contributed by atoms with Crippen LogP contribution < -0.4 is 10.6 Å². The summed E-state index contributed by atoms with van der Waals surface area (Å²) in [5.41, 5.74) is 0. The lowest BCUT2D eigenvalue weighted by atomic mass is 10.0. The van der Waals surface area contributed by atoms with Crippen LogP contribution in [0, 0.1) is 5.92 Å². The lowest BCUT2D eigenvalue weighted by Crippen LogP contribution is -2.42. The van der Waals surface area contributed by atoms with Crippen molar-refractivity contribution >= 4 is 17.9 Å². The van der Waals surface area contributed by atoms with E-state index in [2.05, 4.69) is 10.6 Å². The van der Waals surface area contributed by atoms with Crippen molar-refractivity contribution in [3.05, 3.63) is 0 Å². The Morgan fingerprint density at radius 2 is 1.76 bits per heavy atom. The summed E-state index contributed by atoms with van der Waals surface area (Å²) in [6.45, 7) is 3.84. The number of aliphatic carboxylic acids is 1. The standard InChI is InChI=1S/C14H27N3O4/c1-10(13(19)20)6-5-7-11(2)16-14(21)15-9-8-12(18)17(3)4/h10-11H,5-9H2,1-4H3,(H,19,20)(H2,15,16,21). The van der Waals surface area contributed by atoms with Crippen molar-refractivity contribution in [1.82, 2.24) is 15.5 Å². The molecule has 0 aromatic heterocycles. The van der Waals surface area contributed by atoms with E-state index in [0.717, 1.165) is 12.8 Å². The molecule has 7 nitrogen and oxygen atoms in total. The van der Waals surface area contributed by atoms with Crippen LogP contribution in [0.1, 0.15) is 39.5 Å². The summed E-state index contributed by atoms with van der Waals surface area (Å²) in [7, 11) is 3.34. The van der Waals surface area contributed by atoms with Crippen molar-refractivity contribution in [2.75, 3.05) is 20.6 Å². The lowest BCUT2D eigenvalue weighted by Gasteiger charge is -2.15.